The summed E-state index contributed by atoms with van der Waals surface area (Å²) in [6, 6.07) is 5.06. The molecule has 1 atom stereocenters. The Balaban J connectivity index is 2.03. The van der Waals surface area contributed by atoms with Gasteiger partial charge in [-0.25, -0.2) is 8.42 Å². The Labute approximate surface area is 145 Å². The average Bonchev–Trinajstić information content (AvgIpc) is 3.09. The van der Waals surface area contributed by atoms with Gasteiger partial charge < -0.3 is 0 Å². The predicted molar refractivity (Wildman–Crippen MR) is 90.3 cm³/mol. The van der Waals surface area contributed by atoms with Gasteiger partial charge in [-0.1, -0.05) is 29.3 Å². The van der Waals surface area contributed by atoms with Crippen LogP contribution in [0.5, 0.6) is 0 Å². The molecule has 1 saturated heterocycles. The number of sulfonamides is 1. The molecular formula is C15H17Cl2N3O2S. The van der Waals surface area contributed by atoms with Crippen molar-refractivity contribution < 1.29 is 8.42 Å². The molecule has 2 aromatic rings. The maximum absolute atomic E-state index is 13.1. The zero-order valence-corrected chi connectivity index (χ0v) is 15.2. The lowest BCUT2D eigenvalue weighted by Crippen LogP contribution is -2.32. The minimum Gasteiger partial charge on any atom is -0.256 e. The molecule has 0 radical (unpaired) electrons. The van der Waals surface area contributed by atoms with Crippen molar-refractivity contribution in [2.45, 2.75) is 30.8 Å². The summed E-state index contributed by atoms with van der Waals surface area (Å²) in [4.78, 5) is 0. The van der Waals surface area contributed by atoms with Gasteiger partial charge in [0.2, 0.25) is 0 Å². The Hall–Kier alpha value is -1.08. The van der Waals surface area contributed by atoms with E-state index in [0.717, 1.165) is 18.4 Å². The Morgan fingerprint density at radius 2 is 2.00 bits per heavy atom. The van der Waals surface area contributed by atoms with E-state index in [9.17, 15) is 8.42 Å². The Kier molecular flexibility index (Phi) is 4.44. The van der Waals surface area contributed by atoms with Gasteiger partial charge in [-0.3, -0.25) is 4.68 Å². The van der Waals surface area contributed by atoms with Crippen molar-refractivity contribution in [3.8, 4) is 0 Å². The fourth-order valence-electron chi connectivity index (χ4n) is 3.10. The molecule has 0 N–H and O–H groups in total. The van der Waals surface area contributed by atoms with Crippen molar-refractivity contribution in [3.63, 3.8) is 0 Å². The fourth-order valence-corrected chi connectivity index (χ4v) is 5.40. The topological polar surface area (TPSA) is 55.2 Å². The van der Waals surface area contributed by atoms with Gasteiger partial charge >= 0.3 is 0 Å². The van der Waals surface area contributed by atoms with Gasteiger partial charge in [0.1, 0.15) is 0 Å². The van der Waals surface area contributed by atoms with Crippen molar-refractivity contribution >= 4 is 33.2 Å². The van der Waals surface area contributed by atoms with Crippen LogP contribution in [0.25, 0.3) is 0 Å². The molecule has 124 valence electrons. The van der Waals surface area contributed by atoms with Crippen molar-refractivity contribution in [2.24, 2.45) is 7.05 Å². The standard InChI is InChI=1S/C15H17Cl2N3O2S/c1-10-9-18-19(2)15(10)23(21,22)20-7-3-4-14(20)11-5-6-12(16)13(17)8-11/h5-6,8-9,14H,3-4,7H2,1-2H3. The zero-order chi connectivity index (χ0) is 16.8. The lowest BCUT2D eigenvalue weighted by Gasteiger charge is -2.25. The predicted octanol–water partition coefficient (Wildman–Crippen LogP) is 3.56. The maximum atomic E-state index is 13.1. The second-order valence-electron chi connectivity index (χ2n) is 5.70. The van der Waals surface area contributed by atoms with Crippen LogP contribution in [0, 0.1) is 6.92 Å². The summed E-state index contributed by atoms with van der Waals surface area (Å²) >= 11 is 12.1. The van der Waals surface area contributed by atoms with Crippen molar-refractivity contribution in [1.82, 2.24) is 14.1 Å². The van der Waals surface area contributed by atoms with E-state index in [1.807, 2.05) is 6.07 Å². The van der Waals surface area contributed by atoms with E-state index in [1.54, 1.807) is 32.3 Å². The van der Waals surface area contributed by atoms with Crippen LogP contribution in [0.15, 0.2) is 29.4 Å². The molecule has 2 heterocycles. The van der Waals surface area contributed by atoms with E-state index in [1.165, 1.54) is 8.99 Å². The first-order valence-corrected chi connectivity index (χ1v) is 9.47. The molecule has 8 heteroatoms. The van der Waals surface area contributed by atoms with Gasteiger partial charge in [-0.15, -0.1) is 0 Å². The Bertz CT molecular complexity index is 829. The molecule has 5 nitrogen and oxygen atoms in total. The summed E-state index contributed by atoms with van der Waals surface area (Å²) in [7, 11) is -1.98. The van der Waals surface area contributed by atoms with Gasteiger partial charge in [0.05, 0.1) is 22.3 Å². The van der Waals surface area contributed by atoms with Crippen LogP contribution in [0.2, 0.25) is 10.0 Å². The highest BCUT2D eigenvalue weighted by atomic mass is 35.5. The molecule has 23 heavy (non-hydrogen) atoms. The molecule has 0 aliphatic carbocycles. The van der Waals surface area contributed by atoms with Crippen LogP contribution in [0.1, 0.15) is 30.0 Å². The molecule has 3 rings (SSSR count). The third kappa shape index (κ3) is 2.89. The van der Waals surface area contributed by atoms with Gasteiger partial charge in [0.25, 0.3) is 10.0 Å². The Morgan fingerprint density at radius 1 is 1.26 bits per heavy atom. The number of nitrogens with zero attached hydrogens (tertiary/aromatic N) is 3. The molecular weight excluding hydrogens is 357 g/mol. The van der Waals surface area contributed by atoms with E-state index in [-0.39, 0.29) is 11.1 Å². The number of hydrogen-bond acceptors (Lipinski definition) is 3. The molecule has 1 aliphatic rings. The normalized spacial score (nSPS) is 19.4. The lowest BCUT2D eigenvalue weighted by molar-refractivity contribution is 0.391. The monoisotopic (exact) mass is 373 g/mol. The van der Waals surface area contributed by atoms with Gasteiger partial charge in [-0.05, 0) is 37.5 Å². The lowest BCUT2D eigenvalue weighted by atomic mass is 10.1. The highest BCUT2D eigenvalue weighted by Crippen LogP contribution is 2.38. The third-order valence-corrected chi connectivity index (χ3v) is 7.01. The molecule has 1 fully saturated rings. The number of hydrogen-bond donors (Lipinski definition) is 0. The highest BCUT2D eigenvalue weighted by Gasteiger charge is 2.38. The first-order valence-electron chi connectivity index (χ1n) is 7.28. The summed E-state index contributed by atoms with van der Waals surface area (Å²) in [5.41, 5.74) is 1.51. The van der Waals surface area contributed by atoms with Crippen LogP contribution in [-0.2, 0) is 17.1 Å². The SMILES string of the molecule is Cc1cnn(C)c1S(=O)(=O)N1CCCC1c1ccc(Cl)c(Cl)c1. The quantitative estimate of drug-likeness (QED) is 0.826. The minimum atomic E-state index is -3.62. The summed E-state index contributed by atoms with van der Waals surface area (Å²) < 4.78 is 29.1. The summed E-state index contributed by atoms with van der Waals surface area (Å²) in [6.07, 6.45) is 3.13. The van der Waals surface area contributed by atoms with Crippen molar-refractivity contribution in [2.75, 3.05) is 6.54 Å². The molecule has 0 spiro atoms. The number of aromatic nitrogens is 2. The minimum absolute atomic E-state index is 0.232. The van der Waals surface area contributed by atoms with Gasteiger partial charge in [0.15, 0.2) is 5.03 Å². The molecule has 1 aromatic heterocycles. The summed E-state index contributed by atoms with van der Waals surface area (Å²) in [5.74, 6) is 0. The molecule has 0 amide bonds. The summed E-state index contributed by atoms with van der Waals surface area (Å²) in [6.45, 7) is 2.24. The van der Waals surface area contributed by atoms with E-state index in [2.05, 4.69) is 5.10 Å². The van der Waals surface area contributed by atoms with E-state index < -0.39 is 10.0 Å². The van der Waals surface area contributed by atoms with Crippen LogP contribution in [0.3, 0.4) is 0 Å². The number of benzene rings is 1. The van der Waals surface area contributed by atoms with Crippen LogP contribution >= 0.6 is 23.2 Å². The molecule has 1 aromatic carbocycles. The number of aryl methyl sites for hydroxylation is 2. The smallest absolute Gasteiger partial charge is 0.256 e. The second-order valence-corrected chi connectivity index (χ2v) is 8.32. The van der Waals surface area contributed by atoms with Crippen molar-refractivity contribution in [3.05, 3.63) is 45.6 Å². The first kappa shape index (κ1) is 16.8. The second kappa shape index (κ2) is 6.09. The number of halogens is 2. The molecule has 0 bridgehead atoms. The largest absolute Gasteiger partial charge is 0.261 e. The Morgan fingerprint density at radius 3 is 2.61 bits per heavy atom. The van der Waals surface area contributed by atoms with Crippen LogP contribution < -0.4 is 0 Å². The zero-order valence-electron chi connectivity index (χ0n) is 12.8. The van der Waals surface area contributed by atoms with Crippen LogP contribution in [-0.4, -0.2) is 29.0 Å². The third-order valence-electron chi connectivity index (χ3n) is 4.14. The van der Waals surface area contributed by atoms with E-state index in [0.29, 0.717) is 22.2 Å². The van der Waals surface area contributed by atoms with Crippen molar-refractivity contribution in [1.29, 1.82) is 0 Å². The molecule has 1 unspecified atom stereocenters. The molecule has 0 saturated carbocycles. The average molecular weight is 374 g/mol. The number of rotatable bonds is 3. The van der Waals surface area contributed by atoms with Crippen LogP contribution in [0.4, 0.5) is 0 Å². The van der Waals surface area contributed by atoms with Gasteiger partial charge in [-0.2, -0.15) is 9.40 Å². The molecule has 1 aliphatic heterocycles. The fraction of sp³-hybridized carbons (Fsp3) is 0.400. The summed E-state index contributed by atoms with van der Waals surface area (Å²) in [5, 5.41) is 5.19. The maximum Gasteiger partial charge on any atom is 0.261 e. The van der Waals surface area contributed by atoms with E-state index >= 15 is 0 Å². The highest BCUT2D eigenvalue weighted by molar-refractivity contribution is 7.89. The van der Waals surface area contributed by atoms with E-state index in [4.69, 9.17) is 23.2 Å². The first-order chi connectivity index (χ1) is 10.8. The van der Waals surface area contributed by atoms with Gasteiger partial charge in [0, 0.05) is 19.2 Å².